The van der Waals surface area contributed by atoms with Gasteiger partial charge in [0.05, 0.1) is 30.1 Å². The molecule has 3 amide bonds. The molecule has 0 spiro atoms. The number of carbonyl (C=O) groups is 3. The van der Waals surface area contributed by atoms with Gasteiger partial charge in [0.15, 0.2) is 12.4 Å². The number of nitrogens with one attached hydrogen (secondary N) is 1. The molecule has 2 bridgehead atoms. The maximum absolute atomic E-state index is 12.8. The highest BCUT2D eigenvalue weighted by molar-refractivity contribution is 6.06. The highest BCUT2D eigenvalue weighted by Gasteiger charge is 2.59. The fourth-order valence-corrected chi connectivity index (χ4v) is 5.10. The topological polar surface area (TPSA) is 140 Å². The zero-order chi connectivity index (χ0) is 25.4. The van der Waals surface area contributed by atoms with Crippen LogP contribution in [-0.2, 0) is 14.4 Å². The molecule has 11 nitrogen and oxygen atoms in total. The van der Waals surface area contributed by atoms with E-state index in [0.717, 1.165) is 11.4 Å². The fraction of sp³-hybridized carbons (Fsp3) is 0.280. The summed E-state index contributed by atoms with van der Waals surface area (Å²) in [4.78, 5) is 48.9. The maximum atomic E-state index is 12.8. The molecular formula is C25H22N4O7. The number of rotatable bonds is 8. The number of para-hydroxylation sites is 1. The molecule has 0 aromatic heterocycles. The molecule has 2 aromatic rings. The molecule has 1 heterocycles. The summed E-state index contributed by atoms with van der Waals surface area (Å²) in [5.74, 6) is -2.15. The van der Waals surface area contributed by atoms with Gasteiger partial charge >= 0.3 is 5.69 Å². The van der Waals surface area contributed by atoms with Crippen LogP contribution in [0.15, 0.2) is 59.7 Å². The Hall–Kier alpha value is -4.54. The Morgan fingerprint density at radius 1 is 1.17 bits per heavy atom. The molecule has 5 rings (SSSR count). The Balaban J connectivity index is 1.34. The van der Waals surface area contributed by atoms with Crippen LogP contribution in [-0.4, -0.2) is 47.6 Å². The van der Waals surface area contributed by atoms with Crippen LogP contribution >= 0.6 is 0 Å². The molecule has 2 aromatic carbocycles. The normalized spacial score (nSPS) is 23.9. The van der Waals surface area contributed by atoms with E-state index < -0.39 is 35.0 Å². The SMILES string of the molecule is COc1cc(C=NN2C(=O)C3C4C=CC(C4)C3C2=O)cc([N+](=O)[O-])c1OCC(=O)Nc1ccccc1. The van der Waals surface area contributed by atoms with Crippen molar-refractivity contribution in [3.05, 3.63) is 70.3 Å². The lowest BCUT2D eigenvalue weighted by Gasteiger charge is -2.13. The first kappa shape index (κ1) is 23.2. The van der Waals surface area contributed by atoms with E-state index in [-0.39, 0.29) is 40.7 Å². The lowest BCUT2D eigenvalue weighted by Crippen LogP contribution is -2.28. The van der Waals surface area contributed by atoms with Crippen LogP contribution in [0.3, 0.4) is 0 Å². The molecule has 1 saturated heterocycles. The summed E-state index contributed by atoms with van der Waals surface area (Å²) in [6.45, 7) is -0.491. The molecule has 4 unspecified atom stereocenters. The number of hydrazone groups is 1. The minimum atomic E-state index is -0.676. The van der Waals surface area contributed by atoms with Crippen molar-refractivity contribution in [2.24, 2.45) is 28.8 Å². The second kappa shape index (κ2) is 9.25. The number of hydrogen-bond donors (Lipinski definition) is 1. The van der Waals surface area contributed by atoms with Crippen LogP contribution in [0.1, 0.15) is 12.0 Å². The van der Waals surface area contributed by atoms with Crippen molar-refractivity contribution in [3.8, 4) is 11.5 Å². The number of hydrogen-bond acceptors (Lipinski definition) is 8. The third kappa shape index (κ3) is 4.08. The number of methoxy groups -OCH3 is 1. The lowest BCUT2D eigenvalue weighted by atomic mass is 9.85. The van der Waals surface area contributed by atoms with Gasteiger partial charge in [0.25, 0.3) is 17.7 Å². The van der Waals surface area contributed by atoms with Crippen LogP contribution in [0, 0.1) is 33.8 Å². The molecule has 184 valence electrons. The van der Waals surface area contributed by atoms with Crippen molar-refractivity contribution < 1.29 is 28.8 Å². The summed E-state index contributed by atoms with van der Waals surface area (Å²) in [5.41, 5.74) is 0.318. The predicted molar refractivity (Wildman–Crippen MR) is 127 cm³/mol. The summed E-state index contributed by atoms with van der Waals surface area (Å²) < 4.78 is 10.7. The number of benzene rings is 2. The molecule has 1 saturated carbocycles. The molecule has 0 radical (unpaired) electrons. The van der Waals surface area contributed by atoms with Gasteiger partial charge in [-0.25, -0.2) is 0 Å². The van der Waals surface area contributed by atoms with Gasteiger partial charge < -0.3 is 14.8 Å². The Labute approximate surface area is 205 Å². The van der Waals surface area contributed by atoms with Crippen molar-refractivity contribution in [1.29, 1.82) is 0 Å². The van der Waals surface area contributed by atoms with Gasteiger partial charge in [-0.3, -0.25) is 24.5 Å². The van der Waals surface area contributed by atoms with Crippen molar-refractivity contribution in [3.63, 3.8) is 0 Å². The van der Waals surface area contributed by atoms with E-state index in [0.29, 0.717) is 5.69 Å². The van der Waals surface area contributed by atoms with Gasteiger partial charge in [-0.1, -0.05) is 30.4 Å². The van der Waals surface area contributed by atoms with Crippen molar-refractivity contribution in [1.82, 2.24) is 5.01 Å². The van der Waals surface area contributed by atoms with Crippen LogP contribution in [0.4, 0.5) is 11.4 Å². The monoisotopic (exact) mass is 490 g/mol. The number of carbonyl (C=O) groups excluding carboxylic acids is 3. The van der Waals surface area contributed by atoms with Crippen molar-refractivity contribution >= 4 is 35.3 Å². The third-order valence-corrected chi connectivity index (χ3v) is 6.65. The summed E-state index contributed by atoms with van der Waals surface area (Å²) in [6, 6.07) is 11.3. The molecule has 2 aliphatic carbocycles. The van der Waals surface area contributed by atoms with Crippen molar-refractivity contribution in [2.45, 2.75) is 6.42 Å². The molecule has 4 atom stereocenters. The third-order valence-electron chi connectivity index (χ3n) is 6.65. The number of nitrogens with zero attached hydrogens (tertiary/aromatic N) is 3. The van der Waals surface area contributed by atoms with Crippen LogP contribution in [0.25, 0.3) is 0 Å². The highest BCUT2D eigenvalue weighted by Crippen LogP contribution is 2.52. The zero-order valence-corrected chi connectivity index (χ0v) is 19.2. The molecule has 3 aliphatic rings. The summed E-state index contributed by atoms with van der Waals surface area (Å²) in [5, 5.41) is 19.3. The number of fused-ring (bicyclic) bond motifs is 5. The number of imide groups is 1. The van der Waals surface area contributed by atoms with E-state index in [1.54, 1.807) is 30.3 Å². The smallest absolute Gasteiger partial charge is 0.315 e. The molecule has 2 fully saturated rings. The first-order valence-electron chi connectivity index (χ1n) is 11.3. The number of anilines is 1. The molecule has 11 heteroatoms. The number of allylic oxidation sites excluding steroid dienone is 2. The van der Waals surface area contributed by atoms with Gasteiger partial charge in [0.1, 0.15) is 0 Å². The molecule has 1 aliphatic heterocycles. The number of amides is 3. The van der Waals surface area contributed by atoms with E-state index in [9.17, 15) is 24.5 Å². The lowest BCUT2D eigenvalue weighted by molar-refractivity contribution is -0.385. The predicted octanol–water partition coefficient (Wildman–Crippen LogP) is 2.76. The van der Waals surface area contributed by atoms with E-state index >= 15 is 0 Å². The van der Waals surface area contributed by atoms with E-state index in [2.05, 4.69) is 10.4 Å². The van der Waals surface area contributed by atoms with Gasteiger partial charge in [0, 0.05) is 17.3 Å². The highest BCUT2D eigenvalue weighted by atomic mass is 16.6. The summed E-state index contributed by atoms with van der Waals surface area (Å²) >= 11 is 0. The van der Waals surface area contributed by atoms with Gasteiger partial charge in [0.2, 0.25) is 5.75 Å². The summed E-state index contributed by atoms with van der Waals surface area (Å²) in [7, 11) is 1.30. The van der Waals surface area contributed by atoms with Gasteiger partial charge in [-0.2, -0.15) is 10.1 Å². The van der Waals surface area contributed by atoms with E-state index in [4.69, 9.17) is 9.47 Å². The first-order chi connectivity index (χ1) is 17.4. The Morgan fingerprint density at radius 2 is 1.83 bits per heavy atom. The second-order valence-electron chi connectivity index (χ2n) is 8.76. The molecular weight excluding hydrogens is 468 g/mol. The molecule has 36 heavy (non-hydrogen) atoms. The van der Waals surface area contributed by atoms with Gasteiger partial charge in [-0.15, -0.1) is 0 Å². The maximum Gasteiger partial charge on any atom is 0.315 e. The quantitative estimate of drug-likeness (QED) is 0.197. The largest absolute Gasteiger partial charge is 0.493 e. The average molecular weight is 490 g/mol. The Kier molecular flexibility index (Phi) is 5.96. The Bertz CT molecular complexity index is 1280. The minimum absolute atomic E-state index is 0.00338. The minimum Gasteiger partial charge on any atom is -0.493 e. The average Bonchev–Trinajstić information content (AvgIpc) is 3.55. The van der Waals surface area contributed by atoms with Crippen molar-refractivity contribution in [2.75, 3.05) is 19.0 Å². The number of ether oxygens (including phenoxy) is 2. The van der Waals surface area contributed by atoms with Crippen LogP contribution in [0.2, 0.25) is 0 Å². The fourth-order valence-electron chi connectivity index (χ4n) is 5.10. The van der Waals surface area contributed by atoms with E-state index in [1.165, 1.54) is 25.5 Å². The van der Waals surface area contributed by atoms with Gasteiger partial charge in [-0.05, 0) is 36.5 Å². The number of nitro benzene ring substituents is 1. The standard InChI is InChI=1S/C25H22N4O7/c1-35-19-10-14(12-26-28-24(31)21-15-7-8-16(11-15)22(21)25(28)32)9-18(29(33)34)23(19)36-13-20(30)27-17-5-3-2-4-6-17/h2-10,12,15-16,21-22H,11,13H2,1H3,(H,27,30). The first-order valence-corrected chi connectivity index (χ1v) is 11.3. The van der Waals surface area contributed by atoms with Crippen LogP contribution < -0.4 is 14.8 Å². The second-order valence-corrected chi connectivity index (χ2v) is 8.76. The van der Waals surface area contributed by atoms with Crippen LogP contribution in [0.5, 0.6) is 11.5 Å². The zero-order valence-electron chi connectivity index (χ0n) is 19.2. The summed E-state index contributed by atoms with van der Waals surface area (Å²) in [6.07, 6.45) is 5.97. The molecule has 1 N–H and O–H groups in total. The van der Waals surface area contributed by atoms with E-state index in [1.807, 2.05) is 12.2 Å². The Morgan fingerprint density at radius 3 is 2.44 bits per heavy atom. The number of nitro groups is 1.